The van der Waals surface area contributed by atoms with E-state index in [0.29, 0.717) is 10.1 Å². The van der Waals surface area contributed by atoms with Crippen molar-refractivity contribution in [3.05, 3.63) is 42.2 Å². The number of halogens is 1. The van der Waals surface area contributed by atoms with Gasteiger partial charge >= 0.3 is 108 Å². The fraction of sp³-hybridized carbons (Fsp3) is 0. The van der Waals surface area contributed by atoms with Crippen LogP contribution in [-0.4, -0.2) is 29.7 Å². The fourth-order valence-electron chi connectivity index (χ4n) is 1.71. The summed E-state index contributed by atoms with van der Waals surface area (Å²) in [4.78, 5) is 4.37. The van der Waals surface area contributed by atoms with Gasteiger partial charge in [0, 0.05) is 0 Å². The van der Waals surface area contributed by atoms with E-state index in [0.717, 1.165) is 15.8 Å². The van der Waals surface area contributed by atoms with Crippen molar-refractivity contribution in [2.75, 3.05) is 0 Å². The van der Waals surface area contributed by atoms with E-state index in [9.17, 15) is 14.6 Å². The number of benzene rings is 2. The van der Waals surface area contributed by atoms with Gasteiger partial charge in [-0.15, -0.1) is 0 Å². The van der Waals surface area contributed by atoms with Crippen molar-refractivity contribution in [3.8, 4) is 21.6 Å². The first-order valence-electron chi connectivity index (χ1n) is 5.22. The van der Waals surface area contributed by atoms with Crippen molar-refractivity contribution in [2.24, 2.45) is 0 Å². The second kappa shape index (κ2) is 4.12. The third-order valence-corrected chi connectivity index (χ3v) is 4.76. The normalized spacial score (nSPS) is 10.9. The number of fused-ring (bicyclic) bond motifs is 1. The van der Waals surface area contributed by atoms with E-state index in [1.807, 2.05) is 0 Å². The van der Waals surface area contributed by atoms with Crippen LogP contribution in [0.5, 0.6) is 11.5 Å². The van der Waals surface area contributed by atoms with Gasteiger partial charge in [0.25, 0.3) is 0 Å². The van der Waals surface area contributed by atoms with E-state index >= 15 is 0 Å². The predicted octanol–water partition coefficient (Wildman–Crippen LogP) is 2.51. The SMILES string of the molecule is Oc1ccc(-c2nc3ccc(O)cc3[se]2)c(F)c1. The molecule has 3 nitrogen and oxygen atoms in total. The molecule has 0 aliphatic rings. The molecule has 2 N–H and O–H groups in total. The minimum absolute atomic E-state index is 0.0995. The first kappa shape index (κ1) is 11.3. The first-order chi connectivity index (χ1) is 8.63. The van der Waals surface area contributed by atoms with Crippen molar-refractivity contribution in [1.29, 1.82) is 0 Å². The molecule has 0 atom stereocenters. The van der Waals surface area contributed by atoms with E-state index in [2.05, 4.69) is 4.98 Å². The number of rotatable bonds is 1. The number of phenols is 2. The molecule has 1 aromatic heterocycles. The molecule has 90 valence electrons. The van der Waals surface area contributed by atoms with E-state index < -0.39 is 5.82 Å². The molecule has 3 rings (SSSR count). The van der Waals surface area contributed by atoms with Crippen LogP contribution in [0.15, 0.2) is 36.4 Å². The zero-order chi connectivity index (χ0) is 12.7. The molecule has 0 radical (unpaired) electrons. The van der Waals surface area contributed by atoms with Gasteiger partial charge in [-0.2, -0.15) is 0 Å². The average molecular weight is 308 g/mol. The zero-order valence-corrected chi connectivity index (χ0v) is 10.8. The molecule has 0 unspecified atom stereocenters. The van der Waals surface area contributed by atoms with Gasteiger partial charge in [-0.3, -0.25) is 0 Å². The number of hydrogen-bond acceptors (Lipinski definition) is 3. The summed E-state index contributed by atoms with van der Waals surface area (Å²) in [5.41, 5.74) is 1.18. The molecule has 0 fully saturated rings. The molecular formula is C13H8FNO2Se. The van der Waals surface area contributed by atoms with Crippen molar-refractivity contribution < 1.29 is 14.6 Å². The molecule has 0 spiro atoms. The van der Waals surface area contributed by atoms with Gasteiger partial charge in [-0.25, -0.2) is 0 Å². The molecular weight excluding hydrogens is 300 g/mol. The van der Waals surface area contributed by atoms with Gasteiger partial charge in [0.1, 0.15) is 0 Å². The Kier molecular flexibility index (Phi) is 2.58. The quantitative estimate of drug-likeness (QED) is 0.679. The summed E-state index contributed by atoms with van der Waals surface area (Å²) in [6, 6.07) is 8.99. The Balaban J connectivity index is 2.19. The third kappa shape index (κ3) is 1.88. The summed E-state index contributed by atoms with van der Waals surface area (Å²) in [5, 5.41) is 18.6. The topological polar surface area (TPSA) is 53.4 Å². The van der Waals surface area contributed by atoms with Gasteiger partial charge in [-0.1, -0.05) is 0 Å². The van der Waals surface area contributed by atoms with Gasteiger partial charge in [0.2, 0.25) is 0 Å². The maximum absolute atomic E-state index is 13.7. The Hall–Kier alpha value is -1.84. The van der Waals surface area contributed by atoms with Crippen LogP contribution >= 0.6 is 0 Å². The van der Waals surface area contributed by atoms with E-state index in [1.54, 1.807) is 18.2 Å². The Morgan fingerprint density at radius 3 is 2.50 bits per heavy atom. The van der Waals surface area contributed by atoms with E-state index in [1.165, 1.54) is 12.1 Å². The Morgan fingerprint density at radius 2 is 1.72 bits per heavy atom. The van der Waals surface area contributed by atoms with Crippen LogP contribution in [0.25, 0.3) is 19.9 Å². The molecule has 0 aliphatic carbocycles. The molecule has 0 amide bonds. The van der Waals surface area contributed by atoms with Gasteiger partial charge in [0.15, 0.2) is 0 Å². The number of nitrogens with zero attached hydrogens (tertiary/aromatic N) is 1. The second-order valence-electron chi connectivity index (χ2n) is 3.84. The first-order valence-corrected chi connectivity index (χ1v) is 6.93. The van der Waals surface area contributed by atoms with Gasteiger partial charge in [-0.05, 0) is 0 Å². The third-order valence-electron chi connectivity index (χ3n) is 2.56. The van der Waals surface area contributed by atoms with Gasteiger partial charge in [0.05, 0.1) is 0 Å². The van der Waals surface area contributed by atoms with Crippen LogP contribution < -0.4 is 0 Å². The minimum atomic E-state index is -0.479. The fourth-order valence-corrected chi connectivity index (χ4v) is 3.86. The molecule has 3 aromatic rings. The zero-order valence-electron chi connectivity index (χ0n) is 9.09. The predicted molar refractivity (Wildman–Crippen MR) is 67.4 cm³/mol. The molecule has 18 heavy (non-hydrogen) atoms. The molecule has 0 aliphatic heterocycles. The number of hydrogen-bond donors (Lipinski definition) is 2. The van der Waals surface area contributed by atoms with Crippen LogP contribution in [0.1, 0.15) is 0 Å². The summed E-state index contributed by atoms with van der Waals surface area (Å²) in [7, 11) is 0. The van der Waals surface area contributed by atoms with Crippen molar-refractivity contribution in [1.82, 2.24) is 4.98 Å². The van der Waals surface area contributed by atoms with Crippen molar-refractivity contribution in [3.63, 3.8) is 0 Å². The number of aromatic hydroxyl groups is 2. The standard InChI is InChI=1S/C13H8FNO2Se/c14-10-5-7(16)1-3-9(10)13-15-11-4-2-8(17)6-12(11)18-13/h1-6,16-17H. The van der Waals surface area contributed by atoms with Crippen LogP contribution in [-0.2, 0) is 0 Å². The summed E-state index contributed by atoms with van der Waals surface area (Å²) in [5.74, 6) is -0.386. The summed E-state index contributed by atoms with van der Waals surface area (Å²) >= 11 is -0.133. The Bertz CT molecular complexity index is 739. The van der Waals surface area contributed by atoms with Crippen LogP contribution in [0.4, 0.5) is 4.39 Å². The molecule has 5 heteroatoms. The van der Waals surface area contributed by atoms with Crippen LogP contribution in [0.3, 0.4) is 0 Å². The Labute approximate surface area is 108 Å². The molecule has 2 aromatic carbocycles. The van der Waals surface area contributed by atoms with E-state index in [-0.39, 0.29) is 26.0 Å². The Morgan fingerprint density at radius 1 is 1.00 bits per heavy atom. The molecule has 1 heterocycles. The molecule has 0 saturated heterocycles. The summed E-state index contributed by atoms with van der Waals surface area (Å²) < 4.78 is 15.3. The van der Waals surface area contributed by atoms with Crippen LogP contribution in [0, 0.1) is 5.82 Å². The van der Waals surface area contributed by atoms with Crippen molar-refractivity contribution >= 4 is 24.3 Å². The van der Waals surface area contributed by atoms with Gasteiger partial charge < -0.3 is 0 Å². The maximum atomic E-state index is 13.7. The van der Waals surface area contributed by atoms with Crippen molar-refractivity contribution in [2.45, 2.75) is 0 Å². The van der Waals surface area contributed by atoms with E-state index in [4.69, 9.17) is 0 Å². The van der Waals surface area contributed by atoms with Crippen LogP contribution in [0.2, 0.25) is 0 Å². The second-order valence-corrected chi connectivity index (χ2v) is 6.00. The molecule has 0 bridgehead atoms. The number of aromatic nitrogens is 1. The number of phenolic OH excluding ortho intramolecular Hbond substituents is 2. The summed E-state index contributed by atoms with van der Waals surface area (Å²) in [6.45, 7) is 0. The monoisotopic (exact) mass is 309 g/mol. The summed E-state index contributed by atoms with van der Waals surface area (Å²) in [6.07, 6.45) is 0. The molecule has 0 saturated carbocycles. The average Bonchev–Trinajstić information content (AvgIpc) is 2.71.